The highest BCUT2D eigenvalue weighted by Gasteiger charge is 2.39. The number of hydrogen-bond donors (Lipinski definition) is 1. The molecule has 1 aliphatic rings. The lowest BCUT2D eigenvalue weighted by Gasteiger charge is -2.23. The highest BCUT2D eigenvalue weighted by Crippen LogP contribution is 2.63. The average molecular weight is 953 g/mol. The summed E-state index contributed by atoms with van der Waals surface area (Å²) in [5, 5.41) is 16.5. The van der Waals surface area contributed by atoms with E-state index >= 15 is 4.57 Å². The van der Waals surface area contributed by atoms with Crippen molar-refractivity contribution in [2.24, 2.45) is 0 Å². The number of benzene rings is 14. The largest absolute Gasteiger partial charge is 0.584 e. The summed E-state index contributed by atoms with van der Waals surface area (Å²) in [7, 11) is -4.96. The molecular formula is C68H41O4P. The second kappa shape index (κ2) is 16.0. The van der Waals surface area contributed by atoms with Crippen molar-refractivity contribution in [3.05, 3.63) is 243 Å². The fourth-order valence-corrected chi connectivity index (χ4v) is 13.1. The van der Waals surface area contributed by atoms with Crippen LogP contribution in [0.5, 0.6) is 11.5 Å². The Kier molecular flexibility index (Phi) is 9.13. The summed E-state index contributed by atoms with van der Waals surface area (Å²) in [6.45, 7) is 0. The highest BCUT2D eigenvalue weighted by atomic mass is 31.2. The van der Waals surface area contributed by atoms with Crippen LogP contribution in [0.4, 0.5) is 0 Å². The van der Waals surface area contributed by atoms with Gasteiger partial charge in [0.15, 0.2) is 0 Å². The minimum atomic E-state index is -4.96. The van der Waals surface area contributed by atoms with E-state index in [9.17, 15) is 4.89 Å². The SMILES string of the molecule is O=P1(O)Oc2c(-c3c4ccccc4c(-c4cccc5ccccc45)c4ccccc34)cc3ccccc3c2-c2c(c(-c3c4ccccc4c(-c4cccc5ccccc45)c4ccccc34)cc3ccccc23)O1. The molecule has 4 nitrogen and oxygen atoms in total. The Labute approximate surface area is 420 Å². The molecule has 1 heterocycles. The Morgan fingerprint density at radius 2 is 0.493 bits per heavy atom. The third-order valence-electron chi connectivity index (χ3n) is 15.2. The molecule has 1 aliphatic heterocycles. The van der Waals surface area contributed by atoms with Crippen molar-refractivity contribution in [1.29, 1.82) is 0 Å². The summed E-state index contributed by atoms with van der Waals surface area (Å²) in [6, 6.07) is 85.0. The van der Waals surface area contributed by atoms with Crippen LogP contribution in [0.2, 0.25) is 0 Å². The number of rotatable bonds is 4. The van der Waals surface area contributed by atoms with E-state index in [1.165, 1.54) is 0 Å². The van der Waals surface area contributed by atoms with E-state index in [0.717, 1.165) is 120 Å². The van der Waals surface area contributed by atoms with Gasteiger partial charge in [0.1, 0.15) is 11.5 Å². The van der Waals surface area contributed by atoms with Crippen LogP contribution < -0.4 is 9.05 Å². The van der Waals surface area contributed by atoms with Crippen LogP contribution in [-0.2, 0) is 4.57 Å². The summed E-state index contributed by atoms with van der Waals surface area (Å²) >= 11 is 0. The smallest absolute Gasteiger partial charge is 0.394 e. The van der Waals surface area contributed by atoms with Gasteiger partial charge in [0.25, 0.3) is 0 Å². The summed E-state index contributed by atoms with van der Waals surface area (Å²) in [6.07, 6.45) is 0. The van der Waals surface area contributed by atoms with Crippen LogP contribution >= 0.6 is 7.82 Å². The van der Waals surface area contributed by atoms with Gasteiger partial charge < -0.3 is 9.05 Å². The zero-order chi connectivity index (χ0) is 48.4. The first kappa shape index (κ1) is 41.7. The molecule has 0 bridgehead atoms. The van der Waals surface area contributed by atoms with E-state index in [1.54, 1.807) is 0 Å². The van der Waals surface area contributed by atoms with Crippen molar-refractivity contribution in [3.8, 4) is 67.1 Å². The lowest BCUT2D eigenvalue weighted by atomic mass is 9.81. The quantitative estimate of drug-likeness (QED) is 0.141. The van der Waals surface area contributed by atoms with Crippen molar-refractivity contribution in [2.75, 3.05) is 0 Å². The zero-order valence-electron chi connectivity index (χ0n) is 39.2. The minimum absolute atomic E-state index is 0.292. The lowest BCUT2D eigenvalue weighted by molar-refractivity contribution is 0.295. The maximum absolute atomic E-state index is 15.3. The normalized spacial score (nSPS) is 13.1. The van der Waals surface area contributed by atoms with E-state index in [0.29, 0.717) is 33.8 Å². The predicted molar refractivity (Wildman–Crippen MR) is 305 cm³/mol. The number of phosphoric acid groups is 1. The van der Waals surface area contributed by atoms with Crippen molar-refractivity contribution in [3.63, 3.8) is 0 Å². The van der Waals surface area contributed by atoms with Crippen LogP contribution in [-0.4, -0.2) is 4.89 Å². The first-order chi connectivity index (χ1) is 36.0. The molecule has 14 aromatic rings. The van der Waals surface area contributed by atoms with E-state index in [1.807, 2.05) is 12.1 Å². The van der Waals surface area contributed by atoms with E-state index in [-0.39, 0.29) is 0 Å². The number of hydrogen-bond acceptors (Lipinski definition) is 3. The topological polar surface area (TPSA) is 55.8 Å². The Bertz CT molecular complexity index is 4320. The lowest BCUT2D eigenvalue weighted by Crippen LogP contribution is -2.01. The van der Waals surface area contributed by atoms with Gasteiger partial charge in [-0.2, -0.15) is 0 Å². The Morgan fingerprint density at radius 1 is 0.247 bits per heavy atom. The second-order valence-corrected chi connectivity index (χ2v) is 20.4. The molecule has 0 spiro atoms. The molecule has 342 valence electrons. The van der Waals surface area contributed by atoms with Crippen LogP contribution in [0, 0.1) is 0 Å². The maximum atomic E-state index is 15.3. The van der Waals surface area contributed by atoms with E-state index in [2.05, 4.69) is 231 Å². The zero-order valence-corrected chi connectivity index (χ0v) is 40.1. The monoisotopic (exact) mass is 952 g/mol. The second-order valence-electron chi connectivity index (χ2n) is 19.1. The Balaban J connectivity index is 1.09. The molecule has 0 unspecified atom stereocenters. The number of phosphoric ester groups is 1. The fraction of sp³-hybridized carbons (Fsp3) is 0. The van der Waals surface area contributed by atoms with Gasteiger partial charge in [-0.3, -0.25) is 4.89 Å². The molecule has 0 radical (unpaired) electrons. The van der Waals surface area contributed by atoms with Crippen LogP contribution in [0.25, 0.3) is 142 Å². The third-order valence-corrected chi connectivity index (χ3v) is 16.0. The highest BCUT2D eigenvalue weighted by molar-refractivity contribution is 7.48. The molecule has 5 heteroatoms. The average Bonchev–Trinajstić information content (AvgIpc) is 3.57. The van der Waals surface area contributed by atoms with Gasteiger partial charge in [0, 0.05) is 33.4 Å². The van der Waals surface area contributed by atoms with E-state index in [4.69, 9.17) is 9.05 Å². The fourth-order valence-electron chi connectivity index (χ4n) is 12.3. The summed E-state index contributed by atoms with van der Waals surface area (Å²) < 4.78 is 28.7. The number of fused-ring (bicyclic) bond motifs is 13. The molecule has 0 atom stereocenters. The first-order valence-electron chi connectivity index (χ1n) is 24.7. The van der Waals surface area contributed by atoms with Gasteiger partial charge in [0.05, 0.1) is 0 Å². The van der Waals surface area contributed by atoms with Gasteiger partial charge in [-0.15, -0.1) is 0 Å². The molecule has 0 saturated carbocycles. The molecule has 0 aliphatic carbocycles. The molecule has 0 aromatic heterocycles. The summed E-state index contributed by atoms with van der Waals surface area (Å²) in [4.78, 5) is 12.5. The standard InChI is InChI=1S/C68H41O4P/c69-73(70)71-67-59(63-55-33-13-9-29-51(55)61(52-30-10-14-34-56(52)63)49-37-17-23-41-19-1-5-25-45(41)49)39-43-21-3-7-27-47(43)65(67)66-48-28-8-4-22-44(48)40-60(68(66)72-73)64-57-35-15-11-31-53(57)62(54-32-12-16-36-58(54)64)50-38-18-24-42-20-2-6-26-46(42)50/h1-40H,(H,69,70). The van der Waals surface area contributed by atoms with Crippen LogP contribution in [0.15, 0.2) is 243 Å². The molecular weight excluding hydrogens is 912 g/mol. The van der Waals surface area contributed by atoms with Crippen molar-refractivity contribution >= 4 is 94.0 Å². The maximum Gasteiger partial charge on any atom is 0.584 e. The predicted octanol–water partition coefficient (Wildman–Crippen LogP) is 19.1. The molecule has 14 aromatic carbocycles. The third kappa shape index (κ3) is 6.28. The Morgan fingerprint density at radius 3 is 0.822 bits per heavy atom. The van der Waals surface area contributed by atoms with Crippen molar-refractivity contribution < 1.29 is 18.5 Å². The van der Waals surface area contributed by atoms with Crippen LogP contribution in [0.1, 0.15) is 0 Å². The van der Waals surface area contributed by atoms with Gasteiger partial charge in [0.2, 0.25) is 0 Å². The van der Waals surface area contributed by atoms with Gasteiger partial charge in [-0.1, -0.05) is 231 Å². The van der Waals surface area contributed by atoms with Crippen molar-refractivity contribution in [1.82, 2.24) is 0 Å². The molecule has 0 fully saturated rings. The first-order valence-corrected chi connectivity index (χ1v) is 26.2. The molecule has 1 N–H and O–H groups in total. The summed E-state index contributed by atoms with van der Waals surface area (Å²) in [5.74, 6) is 0.583. The minimum Gasteiger partial charge on any atom is -0.394 e. The van der Waals surface area contributed by atoms with E-state index < -0.39 is 7.82 Å². The Hall–Kier alpha value is -9.05. The summed E-state index contributed by atoms with van der Waals surface area (Å²) in [5.41, 5.74) is 9.12. The molecule has 0 amide bonds. The molecule has 73 heavy (non-hydrogen) atoms. The van der Waals surface area contributed by atoms with Gasteiger partial charge in [-0.25, -0.2) is 4.57 Å². The van der Waals surface area contributed by atoms with Crippen LogP contribution in [0.3, 0.4) is 0 Å². The molecule has 15 rings (SSSR count). The molecule has 0 saturated heterocycles. The van der Waals surface area contributed by atoms with Gasteiger partial charge in [-0.05, 0) is 121 Å². The van der Waals surface area contributed by atoms with Crippen molar-refractivity contribution in [2.45, 2.75) is 0 Å². The van der Waals surface area contributed by atoms with Gasteiger partial charge >= 0.3 is 7.82 Å².